The molecule has 18 rings (SSSR count). The van der Waals surface area contributed by atoms with Gasteiger partial charge in [0.1, 0.15) is 106 Å². The van der Waals surface area contributed by atoms with Gasteiger partial charge in [0.05, 0.1) is 29.4 Å². The van der Waals surface area contributed by atoms with E-state index >= 15 is 0 Å². The quantitative estimate of drug-likeness (QED) is 0.0306. The molecule has 18 heteroatoms. The summed E-state index contributed by atoms with van der Waals surface area (Å²) >= 11 is 6.56. The lowest BCUT2D eigenvalue weighted by Crippen LogP contribution is -2.08. The van der Waals surface area contributed by atoms with E-state index < -0.39 is 0 Å². The molecule has 4 aromatic heterocycles. The zero-order valence-corrected chi connectivity index (χ0v) is 76.8. The van der Waals surface area contributed by atoms with Crippen LogP contribution in [0.15, 0.2) is 322 Å². The molecule has 0 atom stereocenters. The van der Waals surface area contributed by atoms with Crippen LogP contribution in [0.4, 0.5) is 0 Å². The molecule has 0 spiro atoms. The second-order valence-corrected chi connectivity index (χ2v) is 34.8. The molecule has 4 N–H and O–H groups in total. The highest BCUT2D eigenvalue weighted by Gasteiger charge is 2.23. The van der Waals surface area contributed by atoms with Crippen molar-refractivity contribution in [3.05, 3.63) is 393 Å². The molecule has 0 fully saturated rings. The molecule has 0 aliphatic rings. The Kier molecular flexibility index (Phi) is 30.9. The number of unbranched alkanes of at least 4 members (excludes halogenated alkanes) is 2. The van der Waals surface area contributed by atoms with Crippen molar-refractivity contribution >= 4 is 98.6 Å². The lowest BCUT2D eigenvalue weighted by molar-refractivity contribution is 0.252. The number of benzene rings is 14. The SMILES string of the molecule is CC(C)c1cc(=O)c2c(-c3cc(CO)ccc3Cl)cc(OCc3cccc4ccccc34)cc2o1.CC(C)c1cc(=O)c2c(-c3cccc(CCO)c3)cc(OCc3cccc4ccccc34)cc2o1.CC(C)c1cc(=O)c2c(CCCCO)cc(OCc3cccc4ccccc34)cc2o1.CC(C)c1cc(=O)c2c(OCCCCO)cc(OCc3cccc4ccccc34)cc2o1. The van der Waals surface area contributed by atoms with Crippen LogP contribution < -0.4 is 45.4 Å². The lowest BCUT2D eigenvalue weighted by atomic mass is 9.97. The lowest BCUT2D eigenvalue weighted by Gasteiger charge is -2.15. The molecule has 133 heavy (non-hydrogen) atoms. The third kappa shape index (κ3) is 22.6. The Labute approximate surface area is 776 Å². The molecule has 678 valence electrons. The molecule has 4 heterocycles. The van der Waals surface area contributed by atoms with Crippen molar-refractivity contribution in [2.45, 2.75) is 151 Å². The van der Waals surface area contributed by atoms with E-state index in [4.69, 9.17) is 63.2 Å². The van der Waals surface area contributed by atoms with E-state index in [-0.39, 0.29) is 71.8 Å². The van der Waals surface area contributed by atoms with Gasteiger partial charge < -0.3 is 61.8 Å². The number of rotatable bonds is 30. The van der Waals surface area contributed by atoms with Crippen molar-refractivity contribution in [1.82, 2.24) is 0 Å². The standard InChI is InChI=1S/C31H28O4.C30H25ClO4.C27H28O5.C27H28O4/c1-20(2)29-18-28(33)31-27(23-10-5-7-21(15-23)13-14-32)16-25(17-30(31)35-29)34-19-24-11-6-9-22-8-3-4-12-26(22)24;1-18(2)28-15-27(33)30-25(24-12-19(16-32)10-11-26(24)31)13-22(14-29(30)35-28)34-17-21-8-5-7-20-6-3-4-9-23(20)21;1-18(2)24-16-23(29)27-25(30-13-6-5-12-28)14-21(15-26(27)32-24)31-17-20-10-7-9-19-8-3-4-11-22(19)20;1-18(2)25-16-24(29)27-20(9-5-6-13-28)14-22(15-26(27)31-25)30-17-21-11-7-10-19-8-3-4-12-23(19)21/h3-12,15-18,20,32H,13-14,19H2,1-2H3;3-15,18,32H,16-17H2,1-2H3;3-4,7-11,14-16,18,28H,5-6,12-13,17H2,1-2H3;3-4,7-8,10-12,14-16,18,28H,5-6,9,13,17H2,1-2H3. The van der Waals surface area contributed by atoms with Gasteiger partial charge in [-0.2, -0.15) is 0 Å². The molecule has 0 radical (unpaired) electrons. The highest BCUT2D eigenvalue weighted by molar-refractivity contribution is 6.33. The van der Waals surface area contributed by atoms with Crippen molar-refractivity contribution in [1.29, 1.82) is 0 Å². The van der Waals surface area contributed by atoms with Gasteiger partial charge >= 0.3 is 0 Å². The predicted molar refractivity (Wildman–Crippen MR) is 534 cm³/mol. The van der Waals surface area contributed by atoms with E-state index in [2.05, 4.69) is 84.9 Å². The number of hydrogen-bond acceptors (Lipinski definition) is 17. The highest BCUT2D eigenvalue weighted by Crippen LogP contribution is 2.41. The number of hydrogen-bond donors (Lipinski definition) is 4. The van der Waals surface area contributed by atoms with Crippen LogP contribution in [0, 0.1) is 0 Å². The molecule has 0 saturated heterocycles. The molecule has 18 aromatic rings. The zero-order chi connectivity index (χ0) is 93.2. The highest BCUT2D eigenvalue weighted by atomic mass is 35.5. The van der Waals surface area contributed by atoms with Gasteiger partial charge in [0.25, 0.3) is 0 Å². The molecule has 0 aliphatic heterocycles. The normalized spacial score (nSPS) is 11.4. The first-order chi connectivity index (χ1) is 64.6. The third-order valence-electron chi connectivity index (χ3n) is 23.5. The first kappa shape index (κ1) is 93.8. The van der Waals surface area contributed by atoms with Gasteiger partial charge in [-0.1, -0.05) is 267 Å². The second kappa shape index (κ2) is 43.9. The van der Waals surface area contributed by atoms with Gasteiger partial charge in [-0.25, -0.2) is 0 Å². The summed E-state index contributed by atoms with van der Waals surface area (Å²) in [5.74, 6) is 5.80. The maximum Gasteiger partial charge on any atom is 0.196 e. The fourth-order valence-electron chi connectivity index (χ4n) is 16.4. The Morgan fingerprint density at radius 1 is 0.293 bits per heavy atom. The fraction of sp³-hybridized carbons (Fsp3) is 0.235. The van der Waals surface area contributed by atoms with Crippen molar-refractivity contribution in [3.63, 3.8) is 0 Å². The summed E-state index contributed by atoms with van der Waals surface area (Å²) in [7, 11) is 0. The Morgan fingerprint density at radius 2 is 0.662 bits per heavy atom. The van der Waals surface area contributed by atoms with E-state index in [1.165, 1.54) is 28.3 Å². The summed E-state index contributed by atoms with van der Waals surface area (Å²) in [6.45, 7) is 18.1. The van der Waals surface area contributed by atoms with Crippen LogP contribution in [-0.4, -0.2) is 46.9 Å². The molecular weight excluding hydrogens is 1690 g/mol. The molecule has 0 saturated carbocycles. The Morgan fingerprint density at radius 3 is 1.09 bits per heavy atom. The molecule has 0 unspecified atom stereocenters. The van der Waals surface area contributed by atoms with Crippen LogP contribution in [0.5, 0.6) is 28.7 Å². The molecule has 0 aliphatic carbocycles. The van der Waals surface area contributed by atoms with Crippen LogP contribution in [0.2, 0.25) is 5.02 Å². The van der Waals surface area contributed by atoms with Crippen LogP contribution in [0.25, 0.3) is 109 Å². The zero-order valence-electron chi connectivity index (χ0n) is 76.0. The van der Waals surface area contributed by atoms with Crippen LogP contribution in [-0.2, 0) is 45.9 Å². The van der Waals surface area contributed by atoms with Gasteiger partial charge in [-0.05, 0) is 156 Å². The Hall–Kier alpha value is -13.9. The van der Waals surface area contributed by atoms with Gasteiger partial charge in [0, 0.05) is 120 Å². The van der Waals surface area contributed by atoms with Crippen LogP contribution in [0.3, 0.4) is 0 Å². The molecule has 14 aromatic carbocycles. The number of aliphatic hydroxyl groups excluding tert-OH is 4. The minimum Gasteiger partial charge on any atom is -0.493 e. The van der Waals surface area contributed by atoms with Crippen molar-refractivity contribution in [3.8, 4) is 51.0 Å². The Balaban J connectivity index is 0.000000136. The number of ether oxygens (including phenoxy) is 5. The third-order valence-corrected chi connectivity index (χ3v) is 23.8. The maximum atomic E-state index is 13.2. The van der Waals surface area contributed by atoms with Crippen LogP contribution >= 0.6 is 11.6 Å². The minimum atomic E-state index is -0.143. The molecular formula is C115H109ClO17. The average Bonchev–Trinajstić information content (AvgIpc) is 0.756. The van der Waals surface area contributed by atoms with Crippen LogP contribution in [0.1, 0.15) is 167 Å². The first-order valence-electron chi connectivity index (χ1n) is 45.4. The van der Waals surface area contributed by atoms with Gasteiger partial charge in [0.15, 0.2) is 21.7 Å². The van der Waals surface area contributed by atoms with E-state index in [9.17, 15) is 29.4 Å². The summed E-state index contributed by atoms with van der Waals surface area (Å²) in [5, 5.41) is 49.0. The minimum absolute atomic E-state index is 0.0236. The van der Waals surface area contributed by atoms with Crippen molar-refractivity contribution in [2.24, 2.45) is 0 Å². The van der Waals surface area contributed by atoms with Gasteiger partial charge in [-0.3, -0.25) is 19.2 Å². The van der Waals surface area contributed by atoms with Crippen molar-refractivity contribution < 1.29 is 61.8 Å². The molecule has 17 nitrogen and oxygen atoms in total. The van der Waals surface area contributed by atoms with E-state index in [1.54, 1.807) is 48.5 Å². The predicted octanol–water partition coefficient (Wildman–Crippen LogP) is 26.1. The molecule has 0 amide bonds. The number of halogens is 1. The van der Waals surface area contributed by atoms with E-state index in [0.717, 1.165) is 77.9 Å². The van der Waals surface area contributed by atoms with Gasteiger partial charge in [0.2, 0.25) is 0 Å². The summed E-state index contributed by atoms with van der Waals surface area (Å²) in [4.78, 5) is 52.1. The fourth-order valence-corrected chi connectivity index (χ4v) is 16.7. The summed E-state index contributed by atoms with van der Waals surface area (Å²) in [5.41, 5.74) is 11.4. The summed E-state index contributed by atoms with van der Waals surface area (Å²) < 4.78 is 55.2. The average molecular weight is 1800 g/mol. The molecule has 0 bridgehead atoms. The first-order valence-corrected chi connectivity index (χ1v) is 45.8. The summed E-state index contributed by atoms with van der Waals surface area (Å²) in [6.07, 6.45) is 4.06. The number of aryl methyl sites for hydroxylation is 1. The van der Waals surface area contributed by atoms with Gasteiger partial charge in [-0.15, -0.1) is 0 Å². The topological polar surface area (TPSA) is 248 Å². The number of fused-ring (bicyclic) bond motifs is 8. The number of aliphatic hydroxyl groups is 4. The monoisotopic (exact) mass is 1800 g/mol. The second-order valence-electron chi connectivity index (χ2n) is 34.4. The Bertz CT molecular complexity index is 7420. The van der Waals surface area contributed by atoms with E-state index in [0.29, 0.717) is 183 Å². The largest absolute Gasteiger partial charge is 0.493 e. The van der Waals surface area contributed by atoms with Crippen molar-refractivity contribution in [2.75, 3.05) is 26.4 Å². The smallest absolute Gasteiger partial charge is 0.196 e. The van der Waals surface area contributed by atoms with E-state index in [1.807, 2.05) is 195 Å². The maximum absolute atomic E-state index is 13.2. The summed E-state index contributed by atoms with van der Waals surface area (Å²) in [6, 6.07) is 91.6.